The minimum Gasteiger partial charge on any atom is -0.312 e. The first-order valence-corrected chi connectivity index (χ1v) is 10.3. The molecular weight excluding hydrogens is 316 g/mol. The van der Waals surface area contributed by atoms with E-state index in [0.29, 0.717) is 11.2 Å². The summed E-state index contributed by atoms with van der Waals surface area (Å²) in [6, 6.07) is 0. The van der Waals surface area contributed by atoms with E-state index >= 15 is 0 Å². The molecule has 0 aromatic carbocycles. The molecule has 1 aliphatic rings. The predicted molar refractivity (Wildman–Crippen MR) is 102 cm³/mol. The predicted octanol–water partition coefficient (Wildman–Crippen LogP) is 5.35. The number of thioether (sulfide) groups is 1. The van der Waals surface area contributed by atoms with Gasteiger partial charge in [0, 0.05) is 52.4 Å². The molecule has 0 radical (unpaired) electrons. The van der Waals surface area contributed by atoms with Crippen molar-refractivity contribution >= 4 is 33.7 Å². The second kappa shape index (κ2) is 9.62. The van der Waals surface area contributed by atoms with E-state index in [0.717, 1.165) is 24.4 Å². The van der Waals surface area contributed by atoms with Crippen molar-refractivity contribution in [1.29, 1.82) is 0 Å². The first-order valence-electron chi connectivity index (χ1n) is 7.22. The molecule has 2 nitrogen and oxygen atoms in total. The molecule has 1 aliphatic heterocycles. The third-order valence-corrected chi connectivity index (χ3v) is 7.14. The molecule has 118 valence electrons. The fraction of sp³-hybridized carbons (Fsp3) is 0.562. The maximum absolute atomic E-state index is 4.26. The molecule has 2 unspecified atom stereocenters. The van der Waals surface area contributed by atoms with Crippen molar-refractivity contribution < 1.29 is 0 Å². The van der Waals surface area contributed by atoms with Gasteiger partial charge in [0.1, 0.15) is 0 Å². The van der Waals surface area contributed by atoms with Crippen LogP contribution in [0.3, 0.4) is 0 Å². The molecular formula is C16H26N2S3. The van der Waals surface area contributed by atoms with Crippen LogP contribution in [0.15, 0.2) is 42.9 Å². The van der Waals surface area contributed by atoms with Gasteiger partial charge < -0.3 is 8.61 Å². The highest BCUT2D eigenvalue weighted by atomic mass is 33.1. The van der Waals surface area contributed by atoms with Crippen LogP contribution in [0.5, 0.6) is 0 Å². The van der Waals surface area contributed by atoms with E-state index in [1.807, 2.05) is 17.8 Å². The minimum absolute atomic E-state index is 0.414. The molecule has 0 aromatic rings. The van der Waals surface area contributed by atoms with Crippen LogP contribution in [-0.4, -0.2) is 33.2 Å². The second-order valence-corrected chi connectivity index (χ2v) is 8.62. The zero-order valence-electron chi connectivity index (χ0n) is 13.3. The van der Waals surface area contributed by atoms with Gasteiger partial charge in [0.05, 0.1) is 5.70 Å². The fourth-order valence-electron chi connectivity index (χ4n) is 2.15. The summed E-state index contributed by atoms with van der Waals surface area (Å²) < 4.78 is 4.47. The van der Waals surface area contributed by atoms with Crippen molar-refractivity contribution in [2.24, 2.45) is 5.92 Å². The Morgan fingerprint density at radius 3 is 2.90 bits per heavy atom. The topological polar surface area (TPSA) is 6.48 Å². The Bertz CT molecular complexity index is 416. The van der Waals surface area contributed by atoms with E-state index in [4.69, 9.17) is 0 Å². The number of hydrogen-bond acceptors (Lipinski definition) is 5. The molecule has 0 aliphatic carbocycles. The summed E-state index contributed by atoms with van der Waals surface area (Å²) in [6.45, 7) is 17.4. The van der Waals surface area contributed by atoms with Crippen LogP contribution in [0.2, 0.25) is 0 Å². The van der Waals surface area contributed by atoms with E-state index in [-0.39, 0.29) is 0 Å². The quantitative estimate of drug-likeness (QED) is 0.240. The molecule has 5 heteroatoms. The summed E-state index contributed by atoms with van der Waals surface area (Å²) in [4.78, 5) is 0. The van der Waals surface area contributed by atoms with Crippen molar-refractivity contribution in [3.8, 4) is 0 Å². The zero-order chi connectivity index (χ0) is 15.8. The Morgan fingerprint density at radius 1 is 1.62 bits per heavy atom. The van der Waals surface area contributed by atoms with Gasteiger partial charge in [0.15, 0.2) is 0 Å². The molecule has 1 saturated heterocycles. The monoisotopic (exact) mass is 342 g/mol. The second-order valence-electron chi connectivity index (χ2n) is 4.96. The number of rotatable bonds is 9. The van der Waals surface area contributed by atoms with Crippen molar-refractivity contribution in [3.63, 3.8) is 0 Å². The number of allylic oxidation sites excluding steroid dienone is 2. The fourth-order valence-corrected chi connectivity index (χ4v) is 5.44. The van der Waals surface area contributed by atoms with E-state index in [2.05, 4.69) is 55.0 Å². The maximum atomic E-state index is 4.26. The van der Waals surface area contributed by atoms with Gasteiger partial charge in [-0.05, 0) is 18.6 Å². The molecule has 0 bridgehead atoms. The Labute approximate surface area is 142 Å². The molecule has 0 amide bonds. The van der Waals surface area contributed by atoms with Crippen LogP contribution in [0, 0.1) is 5.92 Å². The maximum Gasteiger partial charge on any atom is 0.0695 e. The molecule has 21 heavy (non-hydrogen) atoms. The van der Waals surface area contributed by atoms with E-state index in [1.165, 1.54) is 12.1 Å². The molecule has 0 saturated carbocycles. The van der Waals surface area contributed by atoms with Crippen molar-refractivity contribution in [3.05, 3.63) is 42.9 Å². The summed E-state index contributed by atoms with van der Waals surface area (Å²) in [5.74, 6) is 1.66. The van der Waals surface area contributed by atoms with E-state index in [1.54, 1.807) is 22.0 Å². The highest BCUT2D eigenvalue weighted by Gasteiger charge is 2.26. The van der Waals surface area contributed by atoms with Crippen LogP contribution in [-0.2, 0) is 0 Å². The standard InChI is InChI=1S/C16H26N2S3/c1-7-10-16(19-9-3)14(5)17(6)20-21-18-12-11-13(4)15(18)8-2/h7,13,16H,1-2,5,9-12H2,3-4,6H3. The summed E-state index contributed by atoms with van der Waals surface area (Å²) in [7, 11) is 5.56. The average Bonchev–Trinajstić information content (AvgIpc) is 2.83. The zero-order valence-corrected chi connectivity index (χ0v) is 15.8. The summed E-state index contributed by atoms with van der Waals surface area (Å²) >= 11 is 1.92. The molecule has 0 N–H and O–H groups in total. The van der Waals surface area contributed by atoms with Gasteiger partial charge in [-0.2, -0.15) is 11.8 Å². The lowest BCUT2D eigenvalue weighted by atomic mass is 10.1. The van der Waals surface area contributed by atoms with Gasteiger partial charge >= 0.3 is 0 Å². The number of hydrogen-bond donors (Lipinski definition) is 0. The molecule has 0 aromatic heterocycles. The van der Waals surface area contributed by atoms with Crippen LogP contribution in [0.25, 0.3) is 0 Å². The van der Waals surface area contributed by atoms with Gasteiger partial charge in [-0.15, -0.1) is 12.3 Å². The molecule has 0 spiro atoms. The first kappa shape index (κ1) is 18.7. The summed E-state index contributed by atoms with van der Waals surface area (Å²) in [6.07, 6.45) is 4.12. The van der Waals surface area contributed by atoms with Gasteiger partial charge in [0.2, 0.25) is 0 Å². The Balaban J connectivity index is 2.52. The highest BCUT2D eigenvalue weighted by molar-refractivity contribution is 8.74. The van der Waals surface area contributed by atoms with Crippen molar-refractivity contribution in [2.45, 2.75) is 31.9 Å². The average molecular weight is 343 g/mol. The SMILES string of the molecule is C=C=C1C(C)CCN1SSN(C)C(=C)C(CC=C)SCC. The van der Waals surface area contributed by atoms with E-state index in [9.17, 15) is 0 Å². The molecule has 1 heterocycles. The minimum atomic E-state index is 0.414. The molecule has 2 atom stereocenters. The van der Waals surface area contributed by atoms with Gasteiger partial charge in [-0.25, -0.2) is 0 Å². The van der Waals surface area contributed by atoms with Crippen molar-refractivity contribution in [1.82, 2.24) is 8.61 Å². The highest BCUT2D eigenvalue weighted by Crippen LogP contribution is 2.41. The summed E-state index contributed by atoms with van der Waals surface area (Å²) in [5, 5.41) is 0.414. The molecule has 1 fully saturated rings. The van der Waals surface area contributed by atoms with Gasteiger partial charge in [-0.3, -0.25) is 0 Å². The van der Waals surface area contributed by atoms with Crippen LogP contribution in [0.4, 0.5) is 0 Å². The van der Waals surface area contributed by atoms with Crippen LogP contribution >= 0.6 is 33.7 Å². The smallest absolute Gasteiger partial charge is 0.0695 e. The van der Waals surface area contributed by atoms with Crippen LogP contribution < -0.4 is 0 Å². The largest absolute Gasteiger partial charge is 0.312 e. The van der Waals surface area contributed by atoms with Crippen molar-refractivity contribution in [2.75, 3.05) is 19.3 Å². The lowest BCUT2D eigenvalue weighted by Gasteiger charge is -2.27. The lowest BCUT2D eigenvalue weighted by Crippen LogP contribution is -2.19. The third kappa shape index (κ3) is 5.41. The Kier molecular flexibility index (Phi) is 8.57. The Hall–Kier alpha value is -0.350. The summed E-state index contributed by atoms with van der Waals surface area (Å²) in [5.41, 5.74) is 5.45. The first-order chi connectivity index (χ1) is 10.0. The molecule has 1 rings (SSSR count). The van der Waals surface area contributed by atoms with Gasteiger partial charge in [-0.1, -0.05) is 33.1 Å². The van der Waals surface area contributed by atoms with E-state index < -0.39 is 0 Å². The van der Waals surface area contributed by atoms with Crippen LogP contribution in [0.1, 0.15) is 26.7 Å². The van der Waals surface area contributed by atoms with Gasteiger partial charge in [0.25, 0.3) is 0 Å². The third-order valence-electron chi connectivity index (χ3n) is 3.44. The normalized spacial score (nSPS) is 19.3. The Morgan fingerprint density at radius 2 is 2.33 bits per heavy atom. The lowest BCUT2D eigenvalue weighted by molar-refractivity contribution is 0.655. The number of nitrogens with zero attached hydrogens (tertiary/aromatic N) is 2.